The molecule has 5 nitrogen and oxygen atoms in total. The molecule has 0 bridgehead atoms. The molecule has 6 atom stereocenters. The lowest BCUT2D eigenvalue weighted by molar-refractivity contribution is -0.233. The van der Waals surface area contributed by atoms with Crippen molar-refractivity contribution in [3.63, 3.8) is 0 Å². The highest BCUT2D eigenvalue weighted by Crippen LogP contribution is 2.70. The number of epoxide rings is 1. The minimum atomic E-state index is -1.05. The lowest BCUT2D eigenvalue weighted by Crippen LogP contribution is -2.71. The van der Waals surface area contributed by atoms with Crippen LogP contribution in [0.15, 0.2) is 23.8 Å². The second-order valence-electron chi connectivity index (χ2n) is 14.5. The number of allylic oxidation sites excluding steroid dienone is 2. The summed E-state index contributed by atoms with van der Waals surface area (Å²) < 4.78 is 5.86. The van der Waals surface area contributed by atoms with Crippen molar-refractivity contribution in [1.82, 2.24) is 4.98 Å². The highest BCUT2D eigenvalue weighted by Gasteiger charge is 2.72. The quantitative estimate of drug-likeness (QED) is 0.330. The van der Waals surface area contributed by atoms with Crippen LogP contribution in [0.5, 0.6) is 0 Å². The van der Waals surface area contributed by atoms with Gasteiger partial charge in [-0.15, -0.1) is 0 Å². The summed E-state index contributed by atoms with van der Waals surface area (Å²) in [6.07, 6.45) is 5.88. The summed E-state index contributed by atoms with van der Waals surface area (Å²) in [4.78, 5) is 16.9. The molecule has 1 aliphatic heterocycles. The summed E-state index contributed by atoms with van der Waals surface area (Å²) in [5.41, 5.74) is 4.22. The number of hydrogen-bond donors (Lipinski definition) is 3. The van der Waals surface area contributed by atoms with Gasteiger partial charge in [-0.05, 0) is 88.5 Å². The monoisotopic (exact) mass is 519 g/mol. The molecule has 1 aromatic heterocycles. The number of aromatic nitrogens is 1. The van der Waals surface area contributed by atoms with Crippen molar-refractivity contribution in [2.75, 3.05) is 0 Å². The van der Waals surface area contributed by atoms with Crippen LogP contribution in [0.3, 0.4) is 0 Å². The standard InChI is InChI=1S/C33H45NO4/c1-18(2)9-10-20-21(26(36)28-30(5,6)38-28)11-12-23-25(20)22-17-19-13-16-33(37)29(3,4)24(35)14-15-31(33,7)32(19,8)27(22)34-23/h9,11-12,19,26,28,34,36-37H,10,13-17H2,1-8H3/t19-,26?,28?,31+,32+,33+/m0/s1. The average molecular weight is 520 g/mol. The third-order valence-electron chi connectivity index (χ3n) is 11.9. The van der Waals surface area contributed by atoms with E-state index in [0.29, 0.717) is 25.2 Å². The van der Waals surface area contributed by atoms with Crippen LogP contribution in [0, 0.1) is 16.7 Å². The van der Waals surface area contributed by atoms with Crippen molar-refractivity contribution >= 4 is 16.7 Å². The van der Waals surface area contributed by atoms with Gasteiger partial charge in [-0.1, -0.05) is 45.4 Å². The number of hydrogen-bond acceptors (Lipinski definition) is 4. The fourth-order valence-electron chi connectivity index (χ4n) is 9.04. The van der Waals surface area contributed by atoms with Gasteiger partial charge in [0.1, 0.15) is 18.0 Å². The minimum absolute atomic E-state index is 0.183. The first-order valence-electron chi connectivity index (χ1n) is 14.5. The maximum atomic E-state index is 13.1. The number of benzene rings is 1. The third kappa shape index (κ3) is 3.07. The zero-order valence-corrected chi connectivity index (χ0v) is 24.4. The van der Waals surface area contributed by atoms with E-state index in [4.69, 9.17) is 4.74 Å². The molecule has 1 aromatic carbocycles. The first kappa shape index (κ1) is 26.3. The van der Waals surface area contributed by atoms with Gasteiger partial charge in [-0.25, -0.2) is 0 Å². The Morgan fingerprint density at radius 1 is 1.16 bits per heavy atom. The number of fused-ring (bicyclic) bond motifs is 7. The smallest absolute Gasteiger partial charge is 0.141 e. The van der Waals surface area contributed by atoms with Gasteiger partial charge < -0.3 is 19.9 Å². The van der Waals surface area contributed by atoms with Gasteiger partial charge in [0, 0.05) is 33.8 Å². The Labute approximate surface area is 227 Å². The summed E-state index contributed by atoms with van der Waals surface area (Å²) in [7, 11) is 0. The maximum absolute atomic E-state index is 13.1. The molecule has 1 saturated heterocycles. The van der Waals surface area contributed by atoms with Crippen LogP contribution in [-0.4, -0.2) is 38.3 Å². The molecule has 38 heavy (non-hydrogen) atoms. The molecule has 3 N–H and O–H groups in total. The van der Waals surface area contributed by atoms with Crippen LogP contribution in [0.25, 0.3) is 10.9 Å². The molecule has 3 aliphatic carbocycles. The molecule has 4 aliphatic rings. The van der Waals surface area contributed by atoms with Crippen molar-refractivity contribution < 1.29 is 19.7 Å². The van der Waals surface area contributed by atoms with E-state index < -0.39 is 22.5 Å². The Hall–Kier alpha value is -1.95. The number of aliphatic hydroxyl groups excluding tert-OH is 1. The van der Waals surface area contributed by atoms with Crippen molar-refractivity contribution in [1.29, 1.82) is 0 Å². The lowest BCUT2D eigenvalue weighted by atomic mass is 9.39. The van der Waals surface area contributed by atoms with Crippen molar-refractivity contribution in [3.05, 3.63) is 46.2 Å². The van der Waals surface area contributed by atoms with E-state index in [0.717, 1.165) is 30.3 Å². The predicted molar refractivity (Wildman–Crippen MR) is 150 cm³/mol. The number of rotatable bonds is 4. The van der Waals surface area contributed by atoms with E-state index in [1.807, 2.05) is 27.7 Å². The minimum Gasteiger partial charge on any atom is -0.388 e. The zero-order valence-electron chi connectivity index (χ0n) is 24.4. The lowest BCUT2D eigenvalue weighted by Gasteiger charge is -2.66. The average Bonchev–Trinajstić information content (AvgIpc) is 3.18. The second-order valence-corrected chi connectivity index (χ2v) is 14.5. The summed E-state index contributed by atoms with van der Waals surface area (Å²) >= 11 is 0. The highest BCUT2D eigenvalue weighted by atomic mass is 16.6. The third-order valence-corrected chi connectivity index (χ3v) is 11.9. The zero-order chi connectivity index (χ0) is 27.6. The van der Waals surface area contributed by atoms with Crippen molar-refractivity contribution in [2.24, 2.45) is 16.7 Å². The Kier molecular flexibility index (Phi) is 5.41. The van der Waals surface area contributed by atoms with Crippen LogP contribution in [-0.2, 0) is 27.8 Å². The SMILES string of the molecule is CC(C)=CCc1c(C(O)C2OC2(C)C)ccc2[nH]c3c(c12)C[C@@H]1CC[C@@]2(O)C(C)(C)C(=O)CC[C@]2(C)[C@@]31C. The topological polar surface area (TPSA) is 85.8 Å². The molecule has 2 heterocycles. The molecule has 0 radical (unpaired) electrons. The van der Waals surface area contributed by atoms with Gasteiger partial charge >= 0.3 is 0 Å². The fraction of sp³-hybridized carbons (Fsp3) is 0.667. The van der Waals surface area contributed by atoms with Gasteiger partial charge in [0.15, 0.2) is 0 Å². The molecule has 0 amide bonds. The number of aromatic amines is 1. The summed E-state index contributed by atoms with van der Waals surface area (Å²) in [6, 6.07) is 4.20. The normalized spacial score (nSPS) is 37.4. The van der Waals surface area contributed by atoms with E-state index >= 15 is 0 Å². The van der Waals surface area contributed by atoms with Gasteiger partial charge in [0.05, 0.1) is 16.6 Å². The van der Waals surface area contributed by atoms with Gasteiger partial charge in [0.2, 0.25) is 0 Å². The number of aliphatic hydroxyl groups is 2. The molecular weight excluding hydrogens is 474 g/mol. The molecule has 6 rings (SSSR count). The van der Waals surface area contributed by atoms with Crippen LogP contribution in [0.1, 0.15) is 110 Å². The van der Waals surface area contributed by atoms with E-state index in [1.54, 1.807) is 0 Å². The largest absolute Gasteiger partial charge is 0.388 e. The molecule has 2 unspecified atom stereocenters. The van der Waals surface area contributed by atoms with E-state index in [-0.39, 0.29) is 22.9 Å². The summed E-state index contributed by atoms with van der Waals surface area (Å²) in [5.74, 6) is 0.584. The van der Waals surface area contributed by atoms with Gasteiger partial charge in [-0.3, -0.25) is 4.79 Å². The van der Waals surface area contributed by atoms with Crippen LogP contribution < -0.4 is 0 Å². The number of carbonyl (C=O) groups is 1. The summed E-state index contributed by atoms with van der Waals surface area (Å²) in [5, 5.41) is 25.1. The molecule has 5 heteroatoms. The second kappa shape index (κ2) is 7.83. The molecule has 3 fully saturated rings. The number of Topliss-reactive ketones (excluding diaryl/α,β-unsaturated/α-hetero) is 1. The Morgan fingerprint density at radius 2 is 1.84 bits per heavy atom. The van der Waals surface area contributed by atoms with Crippen LogP contribution in [0.2, 0.25) is 0 Å². The Balaban J connectivity index is 1.55. The molecular formula is C33H45NO4. The summed E-state index contributed by atoms with van der Waals surface area (Å²) in [6.45, 7) is 16.8. The van der Waals surface area contributed by atoms with Crippen LogP contribution in [0.4, 0.5) is 0 Å². The van der Waals surface area contributed by atoms with E-state index in [2.05, 4.69) is 50.9 Å². The number of carbonyl (C=O) groups excluding carboxylic acids is 1. The first-order valence-corrected chi connectivity index (χ1v) is 14.5. The Bertz CT molecular complexity index is 1380. The maximum Gasteiger partial charge on any atom is 0.141 e. The highest BCUT2D eigenvalue weighted by molar-refractivity contribution is 5.91. The number of nitrogens with one attached hydrogen (secondary N) is 1. The van der Waals surface area contributed by atoms with Gasteiger partial charge in [0.25, 0.3) is 0 Å². The molecule has 2 aromatic rings. The fourth-order valence-corrected chi connectivity index (χ4v) is 9.04. The van der Waals surface area contributed by atoms with Crippen LogP contribution >= 0.6 is 0 Å². The van der Waals surface area contributed by atoms with Crippen molar-refractivity contribution in [2.45, 2.75) is 123 Å². The number of H-pyrrole nitrogens is 1. The van der Waals surface area contributed by atoms with E-state index in [9.17, 15) is 15.0 Å². The molecule has 2 saturated carbocycles. The molecule has 206 valence electrons. The van der Waals surface area contributed by atoms with E-state index in [1.165, 1.54) is 27.8 Å². The number of ether oxygens (including phenoxy) is 1. The number of ketones is 1. The van der Waals surface area contributed by atoms with Crippen molar-refractivity contribution in [3.8, 4) is 0 Å². The first-order chi connectivity index (χ1) is 17.6. The predicted octanol–water partition coefficient (Wildman–Crippen LogP) is 6.24. The molecule has 0 spiro atoms. The Morgan fingerprint density at radius 3 is 2.47 bits per heavy atom. The van der Waals surface area contributed by atoms with Gasteiger partial charge in [-0.2, -0.15) is 0 Å².